The van der Waals surface area contributed by atoms with E-state index in [1.165, 1.54) is 25.1 Å². The Bertz CT molecular complexity index is 617. The number of ether oxygens (including phenoxy) is 1. The number of para-hydroxylation sites is 1. The van der Waals surface area contributed by atoms with E-state index in [0.717, 1.165) is 0 Å². The molecule has 0 aliphatic carbocycles. The topological polar surface area (TPSA) is 72.3 Å². The normalized spacial score (nSPS) is 10.2. The first-order valence-electron chi connectivity index (χ1n) is 5.45. The van der Waals surface area contributed by atoms with Crippen molar-refractivity contribution >= 4 is 17.7 Å². The van der Waals surface area contributed by atoms with Gasteiger partial charge in [0.05, 0.1) is 7.11 Å². The number of methoxy groups -OCH3 is 1. The van der Waals surface area contributed by atoms with Gasteiger partial charge in [0.25, 0.3) is 0 Å². The number of aromatic nitrogens is 2. The molecule has 0 spiro atoms. The zero-order valence-corrected chi connectivity index (χ0v) is 11.3. The van der Waals surface area contributed by atoms with E-state index in [1.54, 1.807) is 18.4 Å². The molecule has 2 rings (SSSR count). The minimum absolute atomic E-state index is 0.0242. The first kappa shape index (κ1) is 13.4. The zero-order valence-electron chi connectivity index (χ0n) is 10.5. The summed E-state index contributed by atoms with van der Waals surface area (Å²) >= 11 is 1.30. The van der Waals surface area contributed by atoms with Crippen molar-refractivity contribution in [1.82, 2.24) is 9.97 Å². The van der Waals surface area contributed by atoms with Crippen LogP contribution in [-0.2, 0) is 0 Å². The Labute approximate surface area is 114 Å². The summed E-state index contributed by atoms with van der Waals surface area (Å²) < 4.78 is 5.24. The molecule has 0 radical (unpaired) electrons. The van der Waals surface area contributed by atoms with Crippen LogP contribution < -0.4 is 4.74 Å². The lowest BCUT2D eigenvalue weighted by molar-refractivity contribution is 0.0690. The Morgan fingerprint density at radius 2 is 2.05 bits per heavy atom. The minimum Gasteiger partial charge on any atom is -0.496 e. The van der Waals surface area contributed by atoms with Crippen LogP contribution in [0.3, 0.4) is 0 Å². The van der Waals surface area contributed by atoms with Crippen molar-refractivity contribution in [3.05, 3.63) is 36.2 Å². The summed E-state index contributed by atoms with van der Waals surface area (Å²) in [6, 6.07) is 7.18. The monoisotopic (exact) mass is 276 g/mol. The van der Waals surface area contributed by atoms with E-state index in [-0.39, 0.29) is 5.69 Å². The van der Waals surface area contributed by atoms with Gasteiger partial charge in [-0.3, -0.25) is 0 Å². The Morgan fingerprint density at radius 1 is 1.32 bits per heavy atom. The van der Waals surface area contributed by atoms with E-state index < -0.39 is 5.97 Å². The summed E-state index contributed by atoms with van der Waals surface area (Å²) in [4.78, 5) is 19.5. The van der Waals surface area contributed by atoms with Crippen LogP contribution >= 0.6 is 11.8 Å². The highest BCUT2D eigenvalue weighted by atomic mass is 32.2. The van der Waals surface area contributed by atoms with E-state index in [1.807, 2.05) is 12.1 Å². The molecule has 19 heavy (non-hydrogen) atoms. The predicted octanol–water partition coefficient (Wildman–Crippen LogP) is 2.57. The Morgan fingerprint density at radius 3 is 2.68 bits per heavy atom. The maximum atomic E-state index is 11.3. The van der Waals surface area contributed by atoms with E-state index >= 15 is 0 Å². The van der Waals surface area contributed by atoms with Gasteiger partial charge in [-0.05, 0) is 12.3 Å². The molecule has 1 heterocycles. The molecule has 1 aromatic heterocycles. The second-order valence-electron chi connectivity index (χ2n) is 3.62. The van der Waals surface area contributed by atoms with Crippen LogP contribution in [0.1, 0.15) is 10.5 Å². The predicted molar refractivity (Wildman–Crippen MR) is 72.8 cm³/mol. The number of hydrogen-bond donors (Lipinski definition) is 1. The standard InChI is InChI=1S/C13H12N2O3S/c1-18-10-6-4-3-5-8(10)9-7-14-13(19-2)15-11(9)12(16)17/h3-7H,1-2H3,(H,16,17). The number of carboxylic acids is 1. The van der Waals surface area contributed by atoms with Crippen molar-refractivity contribution < 1.29 is 14.6 Å². The lowest BCUT2D eigenvalue weighted by Crippen LogP contribution is -2.06. The fourth-order valence-electron chi connectivity index (χ4n) is 1.69. The molecular weight excluding hydrogens is 264 g/mol. The van der Waals surface area contributed by atoms with Gasteiger partial charge in [-0.15, -0.1) is 0 Å². The van der Waals surface area contributed by atoms with Gasteiger partial charge < -0.3 is 9.84 Å². The highest BCUT2D eigenvalue weighted by molar-refractivity contribution is 7.98. The van der Waals surface area contributed by atoms with Crippen molar-refractivity contribution in [3.63, 3.8) is 0 Å². The van der Waals surface area contributed by atoms with Crippen LogP contribution in [-0.4, -0.2) is 34.4 Å². The van der Waals surface area contributed by atoms with Gasteiger partial charge in [-0.25, -0.2) is 14.8 Å². The van der Waals surface area contributed by atoms with Gasteiger partial charge in [0.2, 0.25) is 0 Å². The van der Waals surface area contributed by atoms with Gasteiger partial charge in [0, 0.05) is 17.3 Å². The van der Waals surface area contributed by atoms with Crippen LogP contribution in [0.2, 0.25) is 0 Å². The Balaban J connectivity index is 2.64. The second kappa shape index (κ2) is 5.71. The lowest BCUT2D eigenvalue weighted by Gasteiger charge is -2.10. The highest BCUT2D eigenvalue weighted by Gasteiger charge is 2.17. The maximum Gasteiger partial charge on any atom is 0.355 e. The SMILES string of the molecule is COc1ccccc1-c1cnc(SC)nc1C(=O)O. The number of rotatable bonds is 4. The van der Waals surface area contributed by atoms with Crippen LogP contribution in [0, 0.1) is 0 Å². The average Bonchev–Trinajstić information content (AvgIpc) is 2.46. The van der Waals surface area contributed by atoms with Gasteiger partial charge in [-0.1, -0.05) is 30.0 Å². The minimum atomic E-state index is -1.08. The molecule has 0 saturated heterocycles. The van der Waals surface area contributed by atoms with Gasteiger partial charge >= 0.3 is 5.97 Å². The highest BCUT2D eigenvalue weighted by Crippen LogP contribution is 2.31. The summed E-state index contributed by atoms with van der Waals surface area (Å²) in [7, 11) is 1.54. The summed E-state index contributed by atoms with van der Waals surface area (Å²) in [5, 5.41) is 9.70. The quantitative estimate of drug-likeness (QED) is 0.683. The van der Waals surface area contributed by atoms with Crippen LogP contribution in [0.15, 0.2) is 35.6 Å². The number of nitrogens with zero attached hydrogens (tertiary/aromatic N) is 2. The molecule has 0 amide bonds. The number of carboxylic acid groups (broad SMARTS) is 1. The number of aromatic carboxylic acids is 1. The van der Waals surface area contributed by atoms with Crippen molar-refractivity contribution in [1.29, 1.82) is 0 Å². The third-order valence-electron chi connectivity index (χ3n) is 2.55. The number of thioether (sulfide) groups is 1. The molecule has 0 unspecified atom stereocenters. The van der Waals surface area contributed by atoms with E-state index in [9.17, 15) is 9.90 Å². The van der Waals surface area contributed by atoms with Crippen LogP contribution in [0.5, 0.6) is 5.75 Å². The zero-order chi connectivity index (χ0) is 13.8. The number of benzene rings is 1. The molecule has 0 fully saturated rings. The van der Waals surface area contributed by atoms with Crippen molar-refractivity contribution in [3.8, 4) is 16.9 Å². The fraction of sp³-hybridized carbons (Fsp3) is 0.154. The third-order valence-corrected chi connectivity index (χ3v) is 3.11. The van der Waals surface area contributed by atoms with Crippen LogP contribution in [0.25, 0.3) is 11.1 Å². The van der Waals surface area contributed by atoms with Crippen molar-refractivity contribution in [2.45, 2.75) is 5.16 Å². The molecule has 0 aliphatic rings. The number of hydrogen-bond acceptors (Lipinski definition) is 5. The van der Waals surface area contributed by atoms with E-state index in [0.29, 0.717) is 22.0 Å². The smallest absolute Gasteiger partial charge is 0.355 e. The molecule has 0 bridgehead atoms. The molecule has 1 aromatic carbocycles. The first-order valence-corrected chi connectivity index (χ1v) is 6.67. The largest absolute Gasteiger partial charge is 0.496 e. The molecule has 0 aliphatic heterocycles. The van der Waals surface area contributed by atoms with Crippen molar-refractivity contribution in [2.75, 3.05) is 13.4 Å². The summed E-state index contributed by atoms with van der Waals surface area (Å²) in [5.41, 5.74) is 1.08. The molecule has 2 aromatic rings. The van der Waals surface area contributed by atoms with Gasteiger partial charge in [0.15, 0.2) is 10.9 Å². The molecular formula is C13H12N2O3S. The molecule has 98 valence electrons. The summed E-state index contributed by atoms with van der Waals surface area (Å²) in [5.74, 6) is -0.496. The molecule has 6 heteroatoms. The Kier molecular flexibility index (Phi) is 4.01. The lowest BCUT2D eigenvalue weighted by atomic mass is 10.0. The van der Waals surface area contributed by atoms with Crippen LogP contribution in [0.4, 0.5) is 0 Å². The molecule has 1 N–H and O–H groups in total. The van der Waals surface area contributed by atoms with E-state index in [2.05, 4.69) is 9.97 Å². The molecule has 0 saturated carbocycles. The third kappa shape index (κ3) is 2.68. The maximum absolute atomic E-state index is 11.3. The second-order valence-corrected chi connectivity index (χ2v) is 4.40. The van der Waals surface area contributed by atoms with E-state index in [4.69, 9.17) is 4.74 Å². The molecule has 0 atom stereocenters. The number of carbonyl (C=O) groups is 1. The fourth-order valence-corrected chi connectivity index (χ4v) is 2.03. The Hall–Kier alpha value is -2.08. The van der Waals surface area contributed by atoms with Gasteiger partial charge in [-0.2, -0.15) is 0 Å². The summed E-state index contributed by atoms with van der Waals surface area (Å²) in [6.45, 7) is 0. The van der Waals surface area contributed by atoms with Gasteiger partial charge in [0.1, 0.15) is 5.75 Å². The summed E-state index contributed by atoms with van der Waals surface area (Å²) in [6.07, 6.45) is 3.31. The first-order chi connectivity index (χ1) is 9.17. The van der Waals surface area contributed by atoms with Crippen molar-refractivity contribution in [2.24, 2.45) is 0 Å². The average molecular weight is 276 g/mol. The molecule has 5 nitrogen and oxygen atoms in total.